The number of rotatable bonds is 0. The molecule has 0 saturated carbocycles. The molecule has 0 aromatic rings. The molecule has 51 valence electrons. The van der Waals surface area contributed by atoms with E-state index in [1.165, 1.54) is 0 Å². The Balaban J connectivity index is -0.0000000267. The largest absolute Gasteiger partial charge is 3.00 e. The van der Waals surface area contributed by atoms with Crippen molar-refractivity contribution in [3.8, 4) is 0 Å². The van der Waals surface area contributed by atoms with E-state index in [0.29, 0.717) is 0 Å². The van der Waals surface area contributed by atoms with E-state index >= 15 is 0 Å². The monoisotopic (exact) mass is 225 g/mol. The van der Waals surface area contributed by atoms with E-state index in [1.54, 1.807) is 0 Å². The molecular formula is HFe2O5S+2. The molecule has 8 heteroatoms. The third-order valence-electron chi connectivity index (χ3n) is 0. The minimum absolute atomic E-state index is 0. The van der Waals surface area contributed by atoms with Gasteiger partial charge in [-0.05, 0) is 0 Å². The second-order valence-corrected chi connectivity index (χ2v) is 1.22. The zero-order chi connectivity index (χ0) is 4.50. The molecule has 0 rings (SSSR count). The summed E-state index contributed by atoms with van der Waals surface area (Å²) in [5.41, 5.74) is 0. The molecule has 0 unspecified atom stereocenters. The maximum atomic E-state index is 8.52. The second kappa shape index (κ2) is 7.87. The molecule has 0 fully saturated rings. The Labute approximate surface area is 67.7 Å². The van der Waals surface area contributed by atoms with E-state index in [0.717, 1.165) is 0 Å². The van der Waals surface area contributed by atoms with Crippen LogP contribution in [0.4, 0.5) is 0 Å². The Kier molecular flexibility index (Phi) is 22.8. The zero-order valence-corrected chi connectivity index (χ0v) is 6.22. The van der Waals surface area contributed by atoms with Gasteiger partial charge in [0.05, 0.1) is 0 Å². The first-order valence-electron chi connectivity index (χ1n) is 0.667. The molecule has 1 N–H and O–H groups in total. The molecule has 5 nitrogen and oxygen atoms in total. The summed E-state index contributed by atoms with van der Waals surface area (Å²) in [5, 5.41) is 0. The minimum atomic E-state index is -5.17. The van der Waals surface area contributed by atoms with Crippen molar-refractivity contribution in [2.24, 2.45) is 0 Å². The van der Waals surface area contributed by atoms with E-state index in [1.807, 2.05) is 0 Å². The van der Waals surface area contributed by atoms with Crippen molar-refractivity contribution in [2.75, 3.05) is 0 Å². The molecule has 8 heavy (non-hydrogen) atoms. The summed E-state index contributed by atoms with van der Waals surface area (Å²) < 4.78 is 34.1. The van der Waals surface area contributed by atoms with Gasteiger partial charge in [-0.25, -0.2) is 0 Å². The average Bonchev–Trinajstić information content (AvgIpc) is 0.722. The van der Waals surface area contributed by atoms with Crippen molar-refractivity contribution in [3.63, 3.8) is 0 Å². The van der Waals surface area contributed by atoms with E-state index in [9.17, 15) is 0 Å². The summed E-state index contributed by atoms with van der Waals surface area (Å²) in [6, 6.07) is 0. The predicted octanol–water partition coefficient (Wildman–Crippen LogP) is -1.52. The predicted molar refractivity (Wildman–Crippen MR) is 12.4 cm³/mol. The van der Waals surface area contributed by atoms with Gasteiger partial charge in [0.2, 0.25) is 0 Å². The molecule has 0 aliphatic heterocycles. The summed E-state index contributed by atoms with van der Waals surface area (Å²) in [6.07, 6.45) is 0. The minimum Gasteiger partial charge on any atom is -0.870 e. The fourth-order valence-corrected chi connectivity index (χ4v) is 0. The van der Waals surface area contributed by atoms with Crippen LogP contribution in [-0.4, -0.2) is 23.0 Å². The normalized spacial score (nSPS) is 7.25. The summed E-state index contributed by atoms with van der Waals surface area (Å²) >= 11 is 0. The zero-order valence-electron chi connectivity index (χ0n) is 3.20. The third-order valence-corrected chi connectivity index (χ3v) is 0. The average molecular weight is 225 g/mol. The van der Waals surface area contributed by atoms with Crippen molar-refractivity contribution >= 4 is 10.4 Å². The van der Waals surface area contributed by atoms with Crippen LogP contribution in [0.2, 0.25) is 0 Å². The molecule has 1 radical (unpaired) electrons. The van der Waals surface area contributed by atoms with Gasteiger partial charge < -0.3 is 14.6 Å². The van der Waals surface area contributed by atoms with Gasteiger partial charge in [0.25, 0.3) is 0 Å². The topological polar surface area (TPSA) is 110 Å². The summed E-state index contributed by atoms with van der Waals surface area (Å²) in [5.74, 6) is 0. The second-order valence-electron chi connectivity index (χ2n) is 0.408. The standard InChI is InChI=1S/2Fe.H2O4S.H2O/c;;1-5(2,3)4;/h;;(H2,1,2,3,4);1H2/q+2;+3;;/p-3. The fraction of sp³-hybridized carbons (Fsp3) is 0. The first kappa shape index (κ1) is 23.2. The van der Waals surface area contributed by atoms with Gasteiger partial charge in [0, 0.05) is 10.4 Å². The van der Waals surface area contributed by atoms with Gasteiger partial charge in [0.1, 0.15) is 0 Å². The van der Waals surface area contributed by atoms with Crippen molar-refractivity contribution in [1.29, 1.82) is 0 Å². The molecule has 0 saturated heterocycles. The molecule has 0 aliphatic rings. The summed E-state index contributed by atoms with van der Waals surface area (Å²) in [4.78, 5) is 0. The Bertz CT molecular complexity index is 93.6. The maximum absolute atomic E-state index is 8.52. The van der Waals surface area contributed by atoms with Crippen molar-refractivity contribution < 1.29 is 57.1 Å². The van der Waals surface area contributed by atoms with Crippen LogP contribution in [0.15, 0.2) is 0 Å². The quantitative estimate of drug-likeness (QED) is 0.282. The number of hydrogen-bond donors (Lipinski definition) is 0. The fourth-order valence-electron chi connectivity index (χ4n) is 0. The van der Waals surface area contributed by atoms with Gasteiger partial charge in [0.15, 0.2) is 0 Å². The van der Waals surface area contributed by atoms with Crippen molar-refractivity contribution in [2.45, 2.75) is 0 Å². The Morgan fingerprint density at radius 2 is 1.12 bits per heavy atom. The SMILES string of the molecule is O=S(=O)([O-])[O-].[Fe+2].[Fe+3].[OH-]. The van der Waals surface area contributed by atoms with Crippen LogP contribution >= 0.6 is 0 Å². The van der Waals surface area contributed by atoms with Gasteiger partial charge >= 0.3 is 34.1 Å². The Hall–Kier alpha value is 0.869. The van der Waals surface area contributed by atoms with Gasteiger partial charge in [-0.2, -0.15) is 0 Å². The maximum Gasteiger partial charge on any atom is 3.00 e. The van der Waals surface area contributed by atoms with Crippen LogP contribution in [0.5, 0.6) is 0 Å². The molecule has 0 spiro atoms. The van der Waals surface area contributed by atoms with Crippen LogP contribution in [0.1, 0.15) is 0 Å². The Morgan fingerprint density at radius 1 is 1.12 bits per heavy atom. The molecule has 0 atom stereocenters. The van der Waals surface area contributed by atoms with E-state index in [4.69, 9.17) is 17.5 Å². The molecule has 0 aromatic heterocycles. The summed E-state index contributed by atoms with van der Waals surface area (Å²) in [6.45, 7) is 0. The van der Waals surface area contributed by atoms with Gasteiger partial charge in [-0.15, -0.1) is 0 Å². The molecule has 0 aliphatic carbocycles. The summed E-state index contributed by atoms with van der Waals surface area (Å²) in [7, 11) is -5.17. The van der Waals surface area contributed by atoms with E-state index < -0.39 is 10.4 Å². The smallest absolute Gasteiger partial charge is 0.870 e. The first-order valence-corrected chi connectivity index (χ1v) is 2.00. The van der Waals surface area contributed by atoms with E-state index in [2.05, 4.69) is 0 Å². The van der Waals surface area contributed by atoms with Crippen molar-refractivity contribution in [1.82, 2.24) is 0 Å². The first-order chi connectivity index (χ1) is 2.00. The third kappa shape index (κ3) is 313. The number of hydrogen-bond acceptors (Lipinski definition) is 5. The molecule has 0 aromatic carbocycles. The van der Waals surface area contributed by atoms with Crippen LogP contribution in [-0.2, 0) is 44.5 Å². The van der Waals surface area contributed by atoms with Crippen LogP contribution in [0.3, 0.4) is 0 Å². The van der Waals surface area contributed by atoms with Gasteiger partial charge in [-0.3, -0.25) is 8.42 Å². The Morgan fingerprint density at radius 3 is 1.12 bits per heavy atom. The molecule has 0 amide bonds. The molecule has 0 bridgehead atoms. The van der Waals surface area contributed by atoms with Crippen molar-refractivity contribution in [3.05, 3.63) is 0 Å². The van der Waals surface area contributed by atoms with Crippen LogP contribution in [0, 0.1) is 0 Å². The van der Waals surface area contributed by atoms with Gasteiger partial charge in [-0.1, -0.05) is 0 Å². The molecule has 0 heterocycles. The van der Waals surface area contributed by atoms with Crippen LogP contribution < -0.4 is 0 Å². The molecular weight excluding hydrogens is 224 g/mol. The van der Waals surface area contributed by atoms with Crippen LogP contribution in [0.25, 0.3) is 0 Å². The van der Waals surface area contributed by atoms with E-state index in [-0.39, 0.29) is 39.6 Å².